The van der Waals surface area contributed by atoms with E-state index in [1.807, 2.05) is 18.2 Å². The molecular formula is C12H16N2O. The van der Waals surface area contributed by atoms with E-state index in [1.54, 1.807) is 0 Å². The Hall–Kier alpha value is -1.38. The fraction of sp³-hybridized carbons (Fsp3) is 0.500. The molecule has 0 saturated heterocycles. The third-order valence-electron chi connectivity index (χ3n) is 2.35. The molecule has 0 bridgehead atoms. The van der Waals surface area contributed by atoms with Gasteiger partial charge in [-0.1, -0.05) is 13.0 Å². The van der Waals surface area contributed by atoms with E-state index >= 15 is 0 Å². The maximum Gasteiger partial charge on any atom is 0.236 e. The molecule has 0 spiro atoms. The second kappa shape index (κ2) is 3.65. The molecule has 2 heterocycles. The van der Waals surface area contributed by atoms with Crippen LogP contribution in [0.15, 0.2) is 23.2 Å². The number of aryl methyl sites for hydroxylation is 1. The maximum atomic E-state index is 5.54. The summed E-state index contributed by atoms with van der Waals surface area (Å²) in [6.45, 7) is 6.85. The Morgan fingerprint density at radius 2 is 2.20 bits per heavy atom. The van der Waals surface area contributed by atoms with E-state index in [-0.39, 0.29) is 5.54 Å². The zero-order chi connectivity index (χ0) is 10.9. The third-order valence-corrected chi connectivity index (χ3v) is 2.35. The topological polar surface area (TPSA) is 34.5 Å². The van der Waals surface area contributed by atoms with Crippen molar-refractivity contribution in [1.82, 2.24) is 4.98 Å². The number of nitrogens with zero attached hydrogens (tertiary/aromatic N) is 2. The predicted molar refractivity (Wildman–Crippen MR) is 60.2 cm³/mol. The summed E-state index contributed by atoms with van der Waals surface area (Å²) in [4.78, 5) is 8.98. The fourth-order valence-electron chi connectivity index (χ4n) is 1.51. The minimum Gasteiger partial charge on any atom is -0.474 e. The van der Waals surface area contributed by atoms with E-state index in [1.165, 1.54) is 0 Å². The first-order valence-electron chi connectivity index (χ1n) is 5.30. The van der Waals surface area contributed by atoms with Crippen molar-refractivity contribution in [3.63, 3.8) is 0 Å². The molecular weight excluding hydrogens is 188 g/mol. The summed E-state index contributed by atoms with van der Waals surface area (Å²) in [5.74, 6) is 0.676. The molecule has 80 valence electrons. The number of aromatic nitrogens is 1. The van der Waals surface area contributed by atoms with Gasteiger partial charge in [0.2, 0.25) is 5.90 Å². The number of ether oxygens (including phenoxy) is 1. The number of pyridine rings is 1. The van der Waals surface area contributed by atoms with Crippen LogP contribution in [-0.2, 0) is 11.2 Å². The van der Waals surface area contributed by atoms with Gasteiger partial charge in [0.15, 0.2) is 0 Å². The molecule has 3 nitrogen and oxygen atoms in total. The minimum atomic E-state index is -0.112. The normalized spacial score (nSPS) is 18.5. The van der Waals surface area contributed by atoms with Crippen molar-refractivity contribution in [3.8, 4) is 0 Å². The van der Waals surface area contributed by atoms with Crippen molar-refractivity contribution in [2.45, 2.75) is 32.7 Å². The van der Waals surface area contributed by atoms with E-state index in [0.717, 1.165) is 17.8 Å². The Balaban J connectivity index is 2.31. The zero-order valence-corrected chi connectivity index (χ0v) is 9.45. The van der Waals surface area contributed by atoms with Gasteiger partial charge in [-0.25, -0.2) is 9.98 Å². The molecule has 1 aliphatic rings. The highest BCUT2D eigenvalue weighted by Gasteiger charge is 2.27. The lowest BCUT2D eigenvalue weighted by atomic mass is 10.1. The summed E-state index contributed by atoms with van der Waals surface area (Å²) in [7, 11) is 0. The zero-order valence-electron chi connectivity index (χ0n) is 9.45. The summed E-state index contributed by atoms with van der Waals surface area (Å²) in [5.41, 5.74) is 1.81. The Bertz CT molecular complexity index is 396. The molecule has 0 unspecified atom stereocenters. The first kappa shape index (κ1) is 10.1. The molecule has 3 heteroatoms. The van der Waals surface area contributed by atoms with Crippen molar-refractivity contribution in [2.75, 3.05) is 6.61 Å². The van der Waals surface area contributed by atoms with Gasteiger partial charge in [0.1, 0.15) is 12.3 Å². The SMILES string of the molecule is CCc1cccc(C2=NC(C)(C)CO2)n1. The summed E-state index contributed by atoms with van der Waals surface area (Å²) in [6.07, 6.45) is 0.935. The van der Waals surface area contributed by atoms with Gasteiger partial charge < -0.3 is 4.74 Å². The maximum absolute atomic E-state index is 5.54. The summed E-state index contributed by atoms with van der Waals surface area (Å²) < 4.78 is 5.54. The second-order valence-electron chi connectivity index (χ2n) is 4.39. The van der Waals surface area contributed by atoms with E-state index in [2.05, 4.69) is 30.7 Å². The Labute approximate surface area is 90.2 Å². The molecule has 1 aromatic rings. The number of hydrogen-bond donors (Lipinski definition) is 0. The molecule has 0 saturated carbocycles. The lowest BCUT2D eigenvalue weighted by molar-refractivity contribution is 0.279. The lowest BCUT2D eigenvalue weighted by Crippen LogP contribution is -2.17. The Morgan fingerprint density at radius 1 is 1.40 bits per heavy atom. The first-order chi connectivity index (χ1) is 7.11. The number of hydrogen-bond acceptors (Lipinski definition) is 3. The van der Waals surface area contributed by atoms with E-state index < -0.39 is 0 Å². The minimum absolute atomic E-state index is 0.112. The Kier molecular flexibility index (Phi) is 2.47. The van der Waals surface area contributed by atoms with Crippen LogP contribution < -0.4 is 0 Å². The summed E-state index contributed by atoms with van der Waals surface area (Å²) in [5, 5.41) is 0. The molecule has 0 N–H and O–H groups in total. The molecule has 0 amide bonds. The van der Waals surface area contributed by atoms with Crippen LogP contribution in [0.2, 0.25) is 0 Å². The monoisotopic (exact) mass is 204 g/mol. The van der Waals surface area contributed by atoms with Gasteiger partial charge in [0.25, 0.3) is 0 Å². The molecule has 15 heavy (non-hydrogen) atoms. The van der Waals surface area contributed by atoms with Crippen LogP contribution in [0.5, 0.6) is 0 Å². The van der Waals surface area contributed by atoms with E-state index in [9.17, 15) is 0 Å². The van der Waals surface area contributed by atoms with Crippen LogP contribution >= 0.6 is 0 Å². The largest absolute Gasteiger partial charge is 0.474 e. The van der Waals surface area contributed by atoms with Crippen LogP contribution in [-0.4, -0.2) is 23.0 Å². The smallest absolute Gasteiger partial charge is 0.236 e. The van der Waals surface area contributed by atoms with E-state index in [4.69, 9.17) is 4.74 Å². The van der Waals surface area contributed by atoms with Crippen molar-refractivity contribution in [3.05, 3.63) is 29.6 Å². The molecule has 1 aliphatic heterocycles. The van der Waals surface area contributed by atoms with Crippen LogP contribution in [0, 0.1) is 0 Å². The second-order valence-corrected chi connectivity index (χ2v) is 4.39. The van der Waals surface area contributed by atoms with Crippen molar-refractivity contribution in [1.29, 1.82) is 0 Å². The van der Waals surface area contributed by atoms with Gasteiger partial charge in [0, 0.05) is 5.69 Å². The van der Waals surface area contributed by atoms with Gasteiger partial charge in [0.05, 0.1) is 5.54 Å². The summed E-state index contributed by atoms with van der Waals surface area (Å²) >= 11 is 0. The highest BCUT2D eigenvalue weighted by Crippen LogP contribution is 2.19. The average molecular weight is 204 g/mol. The van der Waals surface area contributed by atoms with Crippen molar-refractivity contribution < 1.29 is 4.74 Å². The molecule has 2 rings (SSSR count). The first-order valence-corrected chi connectivity index (χ1v) is 5.30. The van der Waals surface area contributed by atoms with Crippen LogP contribution in [0.25, 0.3) is 0 Å². The molecule has 0 aliphatic carbocycles. The van der Waals surface area contributed by atoms with Gasteiger partial charge >= 0.3 is 0 Å². The van der Waals surface area contributed by atoms with Gasteiger partial charge in [-0.05, 0) is 32.4 Å². The predicted octanol–water partition coefficient (Wildman–Crippen LogP) is 2.20. The molecule has 1 aromatic heterocycles. The van der Waals surface area contributed by atoms with Crippen molar-refractivity contribution in [2.24, 2.45) is 4.99 Å². The van der Waals surface area contributed by atoms with Gasteiger partial charge in [-0.3, -0.25) is 0 Å². The fourth-order valence-corrected chi connectivity index (χ4v) is 1.51. The Morgan fingerprint density at radius 3 is 2.80 bits per heavy atom. The lowest BCUT2D eigenvalue weighted by Gasteiger charge is -2.07. The number of rotatable bonds is 2. The standard InChI is InChI=1S/C12H16N2O/c1-4-9-6-5-7-10(13-9)11-14-12(2,3)8-15-11/h5-7H,4,8H2,1-3H3. The average Bonchev–Trinajstić information content (AvgIpc) is 2.59. The molecule has 0 fully saturated rings. The van der Waals surface area contributed by atoms with Crippen LogP contribution in [0.1, 0.15) is 32.2 Å². The number of aliphatic imine (C=N–C) groups is 1. The van der Waals surface area contributed by atoms with Crippen LogP contribution in [0.3, 0.4) is 0 Å². The van der Waals surface area contributed by atoms with Gasteiger partial charge in [-0.2, -0.15) is 0 Å². The van der Waals surface area contributed by atoms with Crippen molar-refractivity contribution >= 4 is 5.90 Å². The molecule has 0 radical (unpaired) electrons. The third kappa shape index (κ3) is 2.17. The van der Waals surface area contributed by atoms with E-state index in [0.29, 0.717) is 12.5 Å². The van der Waals surface area contributed by atoms with Crippen LogP contribution in [0.4, 0.5) is 0 Å². The highest BCUT2D eigenvalue weighted by atomic mass is 16.5. The summed E-state index contributed by atoms with van der Waals surface area (Å²) in [6, 6.07) is 5.96. The van der Waals surface area contributed by atoms with Gasteiger partial charge in [-0.15, -0.1) is 0 Å². The highest BCUT2D eigenvalue weighted by molar-refractivity contribution is 5.93. The molecule has 0 aromatic carbocycles. The quantitative estimate of drug-likeness (QED) is 0.740. The molecule has 0 atom stereocenters.